The molecule has 0 saturated carbocycles. The summed E-state index contributed by atoms with van der Waals surface area (Å²) in [6, 6.07) is 18.5. The van der Waals surface area contributed by atoms with Gasteiger partial charge in [0.05, 0.1) is 17.3 Å². The molecule has 3 saturated heterocycles. The number of nitrogens with zero attached hydrogens (tertiary/aromatic N) is 5. The van der Waals surface area contributed by atoms with Crippen LogP contribution < -0.4 is 15.0 Å². The van der Waals surface area contributed by atoms with Crippen LogP contribution in [0, 0.1) is 16.7 Å². The van der Waals surface area contributed by atoms with E-state index in [1.54, 1.807) is 6.07 Å². The zero-order valence-electron chi connectivity index (χ0n) is 25.6. The Morgan fingerprint density at radius 1 is 1.11 bits per heavy atom. The number of hydrogen-bond acceptors (Lipinski definition) is 8. The lowest BCUT2D eigenvalue weighted by Gasteiger charge is -2.58. The maximum atomic E-state index is 10.6. The number of aliphatic carboxylic acids is 1. The Kier molecular flexibility index (Phi) is 9.77. The molecule has 3 aliphatic rings. The molecular weight excluding hydrogens is 621 g/mol. The molecule has 244 valence electrons. The van der Waals surface area contributed by atoms with Crippen molar-refractivity contribution < 1.29 is 27.8 Å². The summed E-state index contributed by atoms with van der Waals surface area (Å²) in [5, 5.41) is 20.4. The van der Waals surface area contributed by atoms with E-state index in [9.17, 15) is 18.4 Å². The summed E-state index contributed by atoms with van der Waals surface area (Å²) < 4.78 is 37.8. The number of alkyl halides is 3. The molecule has 6 rings (SSSR count). The first kappa shape index (κ1) is 33.4. The van der Waals surface area contributed by atoms with Crippen LogP contribution in [0.25, 0.3) is 0 Å². The fourth-order valence-corrected chi connectivity index (χ4v) is 6.26. The van der Waals surface area contributed by atoms with Gasteiger partial charge in [0.25, 0.3) is 0 Å². The van der Waals surface area contributed by atoms with E-state index in [0.717, 1.165) is 60.7 Å². The monoisotopic (exact) mass is 656 g/mol. The average molecular weight is 657 g/mol. The highest BCUT2D eigenvalue weighted by molar-refractivity contribution is 6.30. The summed E-state index contributed by atoms with van der Waals surface area (Å²) in [7, 11) is 0. The minimum absolute atomic E-state index is 0.310. The van der Waals surface area contributed by atoms with E-state index in [2.05, 4.69) is 52.2 Å². The highest BCUT2D eigenvalue weighted by atomic mass is 35.5. The summed E-state index contributed by atoms with van der Waals surface area (Å²) in [6.45, 7) is 11.5. The molecule has 9 nitrogen and oxygen atoms in total. The zero-order chi connectivity index (χ0) is 33.1. The molecule has 3 aliphatic heterocycles. The number of rotatable bonds is 7. The molecule has 0 amide bonds. The van der Waals surface area contributed by atoms with E-state index >= 15 is 0 Å². The van der Waals surface area contributed by atoms with Crippen LogP contribution in [0.4, 0.5) is 19.1 Å². The fourth-order valence-electron chi connectivity index (χ4n) is 6.03. The van der Waals surface area contributed by atoms with E-state index in [0.29, 0.717) is 22.6 Å². The van der Waals surface area contributed by atoms with Crippen LogP contribution in [0.5, 0.6) is 5.75 Å². The van der Waals surface area contributed by atoms with Crippen molar-refractivity contribution in [3.8, 4) is 11.8 Å². The Morgan fingerprint density at radius 3 is 2.33 bits per heavy atom. The molecule has 0 aliphatic carbocycles. The van der Waals surface area contributed by atoms with E-state index < -0.39 is 12.1 Å². The van der Waals surface area contributed by atoms with Crippen molar-refractivity contribution in [3.05, 3.63) is 82.1 Å². The van der Waals surface area contributed by atoms with Gasteiger partial charge < -0.3 is 20.1 Å². The van der Waals surface area contributed by atoms with Crippen LogP contribution in [-0.4, -0.2) is 77.4 Å². The topological polar surface area (TPSA) is 115 Å². The molecule has 3 fully saturated rings. The van der Waals surface area contributed by atoms with Crippen molar-refractivity contribution >= 4 is 23.5 Å². The van der Waals surface area contributed by atoms with Crippen LogP contribution in [0.15, 0.2) is 54.7 Å². The van der Waals surface area contributed by atoms with Crippen LogP contribution in [-0.2, 0) is 16.8 Å². The number of hydrogen-bond donors (Lipinski definition) is 2. The molecule has 0 radical (unpaired) electrons. The first-order valence-electron chi connectivity index (χ1n) is 15.0. The predicted octanol–water partition coefficient (Wildman–Crippen LogP) is 5.41. The molecule has 46 heavy (non-hydrogen) atoms. The number of carbonyl (C=O) groups is 1. The normalized spacial score (nSPS) is 18.1. The Morgan fingerprint density at radius 2 is 1.76 bits per heavy atom. The molecule has 3 aromatic rings. The smallest absolute Gasteiger partial charge is 0.487 e. The van der Waals surface area contributed by atoms with Gasteiger partial charge in [0.1, 0.15) is 12.4 Å². The number of ether oxygens (including phenoxy) is 1. The van der Waals surface area contributed by atoms with E-state index in [4.69, 9.17) is 31.2 Å². The van der Waals surface area contributed by atoms with Gasteiger partial charge in [0, 0.05) is 61.9 Å². The van der Waals surface area contributed by atoms with Crippen LogP contribution in [0.2, 0.25) is 5.02 Å². The standard InChI is InChI=1S/C31H35ClN6O.C2HF3O2/c1-30(2,24-13-22(16-33)14-25(32)15-24)23-3-5-28(6-4-23)39-19-26-7-10-35-29(36-26)37-11-8-31(9-12-37)20-38(21-31)27-17-34-18-27;3-2(4,5)1(6)7/h3-7,10,13-15,27,34H,8-9,11-12,17-21H2,1-2H3;(H,6,7). The fraction of sp³-hybridized carbons (Fsp3) is 0.455. The van der Waals surface area contributed by atoms with Crippen molar-refractivity contribution in [2.75, 3.05) is 44.2 Å². The van der Waals surface area contributed by atoms with E-state index in [-0.39, 0.29) is 5.41 Å². The maximum absolute atomic E-state index is 10.6. The maximum Gasteiger partial charge on any atom is 0.490 e. The lowest BCUT2D eigenvalue weighted by Crippen LogP contribution is -2.69. The average Bonchev–Trinajstić information content (AvgIpc) is 2.98. The van der Waals surface area contributed by atoms with Gasteiger partial charge in [-0.3, -0.25) is 4.90 Å². The number of benzene rings is 2. The van der Waals surface area contributed by atoms with Gasteiger partial charge in [-0.05, 0) is 65.8 Å². The third-order valence-electron chi connectivity index (χ3n) is 9.11. The summed E-state index contributed by atoms with van der Waals surface area (Å²) >= 11 is 6.26. The van der Waals surface area contributed by atoms with Gasteiger partial charge >= 0.3 is 12.1 Å². The van der Waals surface area contributed by atoms with E-state index in [1.807, 2.05) is 36.5 Å². The number of carboxylic acid groups (broad SMARTS) is 1. The summed E-state index contributed by atoms with van der Waals surface area (Å²) in [5.41, 5.74) is 3.75. The Balaban J connectivity index is 0.000000537. The Bertz CT molecular complexity index is 1570. The van der Waals surface area contributed by atoms with E-state index in [1.165, 1.54) is 25.9 Å². The van der Waals surface area contributed by atoms with Gasteiger partial charge in [-0.15, -0.1) is 0 Å². The number of halogens is 4. The third-order valence-corrected chi connectivity index (χ3v) is 9.33. The third kappa shape index (κ3) is 7.71. The number of piperidine rings is 1. The van der Waals surface area contributed by atoms with Gasteiger partial charge in [-0.2, -0.15) is 18.4 Å². The lowest BCUT2D eigenvalue weighted by molar-refractivity contribution is -0.192. The number of anilines is 1. The molecule has 2 N–H and O–H groups in total. The quantitative estimate of drug-likeness (QED) is 0.344. The molecule has 1 spiro atoms. The first-order chi connectivity index (χ1) is 21.8. The number of aromatic nitrogens is 2. The molecule has 1 aromatic heterocycles. The second-order valence-electron chi connectivity index (χ2n) is 12.6. The lowest BCUT2D eigenvalue weighted by atomic mass is 9.71. The van der Waals surface area contributed by atoms with Gasteiger partial charge in [-0.25, -0.2) is 14.8 Å². The number of likely N-dealkylation sites (tertiary alicyclic amines) is 1. The Labute approximate surface area is 271 Å². The van der Waals surface area contributed by atoms with Gasteiger partial charge in [-0.1, -0.05) is 37.6 Å². The molecular formula is C33H36ClF3N6O3. The van der Waals surface area contributed by atoms with Crippen molar-refractivity contribution in [3.63, 3.8) is 0 Å². The Hall–Kier alpha value is -3.92. The number of carboxylic acids is 1. The van der Waals surface area contributed by atoms with Gasteiger partial charge in [0.15, 0.2) is 0 Å². The summed E-state index contributed by atoms with van der Waals surface area (Å²) in [5.74, 6) is -1.16. The summed E-state index contributed by atoms with van der Waals surface area (Å²) in [4.78, 5) is 23.3. The van der Waals surface area contributed by atoms with Crippen molar-refractivity contribution in [1.82, 2.24) is 20.2 Å². The predicted molar refractivity (Wildman–Crippen MR) is 167 cm³/mol. The minimum atomic E-state index is -5.08. The molecule has 13 heteroatoms. The van der Waals surface area contributed by atoms with Crippen molar-refractivity contribution in [2.45, 2.75) is 50.9 Å². The summed E-state index contributed by atoms with van der Waals surface area (Å²) in [6.07, 6.45) is -0.820. The van der Waals surface area contributed by atoms with Crippen LogP contribution >= 0.6 is 11.6 Å². The second kappa shape index (κ2) is 13.4. The molecule has 0 unspecified atom stereocenters. The van der Waals surface area contributed by atoms with Crippen LogP contribution in [0.1, 0.15) is 49.1 Å². The highest BCUT2D eigenvalue weighted by Crippen LogP contribution is 2.42. The number of nitriles is 1. The molecule has 0 atom stereocenters. The SMILES string of the molecule is CC(C)(c1ccc(OCc2ccnc(N3CCC4(CC3)CN(C3CNC3)C4)n2)cc1)c1cc(Cl)cc(C#N)c1.O=C(O)C(F)(F)F. The van der Waals surface area contributed by atoms with Crippen molar-refractivity contribution in [2.24, 2.45) is 5.41 Å². The molecule has 0 bridgehead atoms. The van der Waals surface area contributed by atoms with Crippen molar-refractivity contribution in [1.29, 1.82) is 5.26 Å². The zero-order valence-corrected chi connectivity index (χ0v) is 26.4. The van der Waals surface area contributed by atoms with Crippen LogP contribution in [0.3, 0.4) is 0 Å². The highest BCUT2D eigenvalue weighted by Gasteiger charge is 2.48. The molecule has 4 heterocycles. The first-order valence-corrected chi connectivity index (χ1v) is 15.4. The second-order valence-corrected chi connectivity index (χ2v) is 13.1. The molecule has 2 aromatic carbocycles. The number of nitrogens with one attached hydrogen (secondary N) is 1. The largest absolute Gasteiger partial charge is 0.490 e. The van der Waals surface area contributed by atoms with Gasteiger partial charge in [0.2, 0.25) is 5.95 Å². The minimum Gasteiger partial charge on any atom is -0.487 e.